The molecule has 400 valence electrons. The number of hydrogen-bond acceptors (Lipinski definition) is 10. The lowest BCUT2D eigenvalue weighted by Crippen LogP contribution is -2.62. The van der Waals surface area contributed by atoms with E-state index in [0.29, 0.717) is 5.69 Å². The van der Waals surface area contributed by atoms with Crippen molar-refractivity contribution in [2.45, 2.75) is 168 Å². The molecule has 2 aliphatic carbocycles. The summed E-state index contributed by atoms with van der Waals surface area (Å²) < 4.78 is 0. The first kappa shape index (κ1) is 55.4. The van der Waals surface area contributed by atoms with Gasteiger partial charge in [0.1, 0.15) is 24.2 Å². The standard InChI is InChI=1S/C57H80N10O7/c1-33(58-9)50(69)64-48(56(3,4)5)54(73)66-31-38-27-39(26-25-37(38)28-45(66)52(71)62-43-23-15-19-35-17-11-13-21-41(35)43)60-30-47(68)61-40-29-46(53(72)63-44-24-16-20-36-18-12-14-22-42(36)44)67(32-40)55(74)49(57(6,7)8)65-51(70)34(2)59-10/h11-14,17-18,21-22,25-27,33-34,40,43-46,48-49,58-60H,15-16,19-20,23-24,28-32H2,1-10H3,(H,61,68)(H,62,71)(H,63,72)(H,64,69)(H,65,70)/t33-,34-,40-,43?,44+,45-,46-,48?,49+/m0/s1. The van der Waals surface area contributed by atoms with Gasteiger partial charge in [0.25, 0.3) is 0 Å². The van der Waals surface area contributed by atoms with Crippen LogP contribution in [0.2, 0.25) is 0 Å². The third kappa shape index (κ3) is 12.9. The van der Waals surface area contributed by atoms with Gasteiger partial charge in [-0.3, -0.25) is 33.6 Å². The van der Waals surface area contributed by atoms with Gasteiger partial charge >= 0.3 is 0 Å². The Morgan fingerprint density at radius 3 is 1.62 bits per heavy atom. The van der Waals surface area contributed by atoms with Crippen molar-refractivity contribution in [2.75, 3.05) is 32.5 Å². The topological polar surface area (TPSA) is 222 Å². The van der Waals surface area contributed by atoms with E-state index in [9.17, 15) is 33.6 Å². The smallest absolute Gasteiger partial charge is 0.246 e. The summed E-state index contributed by atoms with van der Waals surface area (Å²) in [5.41, 5.74) is 5.41. The maximum absolute atomic E-state index is 14.9. The molecule has 17 heteroatoms. The van der Waals surface area contributed by atoms with E-state index in [-0.39, 0.29) is 80.0 Å². The fourth-order valence-corrected chi connectivity index (χ4v) is 10.8. The van der Waals surface area contributed by atoms with Gasteiger partial charge in [-0.05, 0) is 129 Å². The third-order valence-corrected chi connectivity index (χ3v) is 15.5. The number of carbonyl (C=O) groups is 7. The molecule has 74 heavy (non-hydrogen) atoms. The molecule has 3 aromatic rings. The number of fused-ring (bicyclic) bond motifs is 3. The van der Waals surface area contributed by atoms with Gasteiger partial charge in [-0.15, -0.1) is 0 Å². The van der Waals surface area contributed by atoms with E-state index >= 15 is 0 Å². The summed E-state index contributed by atoms with van der Waals surface area (Å²) in [4.78, 5) is 102. The molecule has 0 radical (unpaired) electrons. The second kappa shape index (κ2) is 23.5. The SMILES string of the molecule is CN[C@@H](C)C(=O)NC(C(=O)N1Cc2cc(NCC(=O)N[C@H]3C[C@@H](C(=O)N[C@@H]4CCCc5ccccc54)N(C(=O)[C@@H](NC(=O)[C@H](C)NC)C(C)(C)C)C3)ccc2C[C@H]1C(=O)NC1CCCc2ccccc21)C(C)(C)C. The molecule has 0 aromatic heterocycles. The van der Waals surface area contributed by atoms with E-state index in [1.54, 1.807) is 32.8 Å². The Bertz CT molecular complexity index is 2570. The highest BCUT2D eigenvalue weighted by atomic mass is 16.2. The number of carbonyl (C=O) groups excluding carboxylic acids is 7. The molecule has 9 atom stereocenters. The van der Waals surface area contributed by atoms with Crippen molar-refractivity contribution < 1.29 is 33.6 Å². The molecular weight excluding hydrogens is 937 g/mol. The minimum Gasteiger partial charge on any atom is -0.376 e. The monoisotopic (exact) mass is 1020 g/mol. The molecular formula is C57H80N10O7. The number of amides is 7. The number of rotatable bonds is 16. The number of anilines is 1. The number of nitrogens with zero attached hydrogens (tertiary/aromatic N) is 2. The molecule has 2 aliphatic heterocycles. The van der Waals surface area contributed by atoms with Gasteiger partial charge in [0.15, 0.2) is 0 Å². The maximum Gasteiger partial charge on any atom is 0.246 e. The van der Waals surface area contributed by atoms with Gasteiger partial charge in [0.05, 0.1) is 30.7 Å². The molecule has 0 saturated carbocycles. The Balaban J connectivity index is 1.08. The van der Waals surface area contributed by atoms with Crippen molar-refractivity contribution in [3.05, 3.63) is 100 Å². The van der Waals surface area contributed by atoms with Crippen molar-refractivity contribution in [3.8, 4) is 0 Å². The molecule has 2 heterocycles. The predicted molar refractivity (Wildman–Crippen MR) is 285 cm³/mol. The van der Waals surface area contributed by atoms with E-state index in [0.717, 1.165) is 60.8 Å². The highest BCUT2D eigenvalue weighted by Gasteiger charge is 2.47. The number of likely N-dealkylation sites (tertiary alicyclic amines) is 1. The van der Waals surface area contributed by atoms with E-state index in [4.69, 9.17) is 0 Å². The summed E-state index contributed by atoms with van der Waals surface area (Å²) in [6.07, 6.45) is 5.64. The third-order valence-electron chi connectivity index (χ3n) is 15.5. The lowest BCUT2D eigenvalue weighted by Gasteiger charge is -2.42. The van der Waals surface area contributed by atoms with Gasteiger partial charge in [-0.1, -0.05) is 96.1 Å². The molecule has 1 fully saturated rings. The van der Waals surface area contributed by atoms with Crippen molar-refractivity contribution in [3.63, 3.8) is 0 Å². The molecule has 4 aliphatic rings. The zero-order valence-corrected chi connectivity index (χ0v) is 45.1. The molecule has 7 rings (SSSR count). The quantitative estimate of drug-likeness (QED) is 0.103. The molecule has 1 saturated heterocycles. The maximum atomic E-state index is 14.9. The van der Waals surface area contributed by atoms with Crippen LogP contribution in [0.1, 0.15) is 133 Å². The van der Waals surface area contributed by atoms with Crippen molar-refractivity contribution in [2.24, 2.45) is 10.8 Å². The van der Waals surface area contributed by atoms with Crippen LogP contribution in [0.5, 0.6) is 0 Å². The summed E-state index contributed by atoms with van der Waals surface area (Å²) in [5.74, 6) is -2.39. The molecule has 3 aromatic carbocycles. The summed E-state index contributed by atoms with van der Waals surface area (Å²) in [6, 6.07) is 16.1. The fraction of sp³-hybridized carbons (Fsp3) is 0.561. The lowest BCUT2D eigenvalue weighted by molar-refractivity contribution is -0.147. The van der Waals surface area contributed by atoms with E-state index in [1.807, 2.05) is 90.1 Å². The number of nitrogens with one attached hydrogen (secondary N) is 8. The van der Waals surface area contributed by atoms with Gasteiger partial charge in [-0.2, -0.15) is 0 Å². The van der Waals surface area contributed by atoms with Crippen LogP contribution in [0.25, 0.3) is 0 Å². The Morgan fingerprint density at radius 1 is 0.608 bits per heavy atom. The van der Waals surface area contributed by atoms with Crippen molar-refractivity contribution >= 4 is 47.0 Å². The van der Waals surface area contributed by atoms with Crippen LogP contribution in [0, 0.1) is 10.8 Å². The van der Waals surface area contributed by atoms with Gasteiger partial charge in [0.2, 0.25) is 41.4 Å². The molecule has 0 bridgehead atoms. The Morgan fingerprint density at radius 2 is 1.11 bits per heavy atom. The first-order valence-corrected chi connectivity index (χ1v) is 26.6. The zero-order chi connectivity index (χ0) is 53.6. The van der Waals surface area contributed by atoms with Crippen molar-refractivity contribution in [1.82, 2.24) is 47.0 Å². The fourth-order valence-electron chi connectivity index (χ4n) is 10.8. The van der Waals surface area contributed by atoms with Crippen LogP contribution in [0.15, 0.2) is 66.7 Å². The van der Waals surface area contributed by atoms with Crippen LogP contribution >= 0.6 is 0 Å². The molecule has 7 amide bonds. The highest BCUT2D eigenvalue weighted by molar-refractivity contribution is 5.95. The number of likely N-dealkylation sites (N-methyl/N-ethyl adjacent to an activating group) is 2. The molecule has 17 nitrogen and oxygen atoms in total. The zero-order valence-electron chi connectivity index (χ0n) is 45.1. The predicted octanol–water partition coefficient (Wildman–Crippen LogP) is 4.10. The van der Waals surface area contributed by atoms with Gasteiger partial charge in [0, 0.05) is 31.2 Å². The highest BCUT2D eigenvalue weighted by Crippen LogP contribution is 2.35. The van der Waals surface area contributed by atoms with Crippen LogP contribution in [0.4, 0.5) is 5.69 Å². The second-order valence-corrected chi connectivity index (χ2v) is 23.0. The van der Waals surface area contributed by atoms with Crippen molar-refractivity contribution in [1.29, 1.82) is 0 Å². The summed E-state index contributed by atoms with van der Waals surface area (Å²) in [6.45, 7) is 14.7. The summed E-state index contributed by atoms with van der Waals surface area (Å²) >= 11 is 0. The Hall–Kier alpha value is -6.33. The lowest BCUT2D eigenvalue weighted by atomic mass is 9.83. The average Bonchev–Trinajstić information content (AvgIpc) is 3.80. The van der Waals surface area contributed by atoms with Gasteiger partial charge < -0.3 is 52.3 Å². The molecule has 8 N–H and O–H groups in total. The second-order valence-electron chi connectivity index (χ2n) is 23.0. The minimum absolute atomic E-state index is 0.0581. The largest absolute Gasteiger partial charge is 0.376 e. The number of aryl methyl sites for hydroxylation is 2. The molecule has 0 spiro atoms. The number of hydrogen-bond donors (Lipinski definition) is 8. The average molecular weight is 1020 g/mol. The summed E-state index contributed by atoms with van der Waals surface area (Å²) in [5, 5.41) is 24.6. The normalized spacial score (nSPS) is 22.1. The Labute approximate surface area is 437 Å². The van der Waals surface area contributed by atoms with Gasteiger partial charge in [-0.25, -0.2) is 0 Å². The first-order chi connectivity index (χ1) is 35.1. The Kier molecular flexibility index (Phi) is 17.6. The first-order valence-electron chi connectivity index (χ1n) is 26.6. The van der Waals surface area contributed by atoms with Crippen LogP contribution < -0.4 is 42.5 Å². The van der Waals surface area contributed by atoms with E-state index in [2.05, 4.69) is 60.7 Å². The number of benzene rings is 3. The van der Waals surface area contributed by atoms with E-state index in [1.165, 1.54) is 16.0 Å². The summed E-state index contributed by atoms with van der Waals surface area (Å²) in [7, 11) is 3.35. The van der Waals surface area contributed by atoms with Crippen LogP contribution in [0.3, 0.4) is 0 Å². The minimum atomic E-state index is -0.956. The van der Waals surface area contributed by atoms with Crippen LogP contribution in [-0.4, -0.2) is 121 Å². The van der Waals surface area contributed by atoms with Crippen LogP contribution in [-0.2, 0) is 59.4 Å². The molecule has 2 unspecified atom stereocenters. The van der Waals surface area contributed by atoms with E-state index < -0.39 is 59.0 Å².